The monoisotopic (exact) mass is 818 g/mol. The van der Waals surface area contributed by atoms with Crippen LogP contribution in [-0.2, 0) is 49.5 Å². The molecule has 58 heavy (non-hydrogen) atoms. The van der Waals surface area contributed by atoms with Crippen LogP contribution in [0.5, 0.6) is 0 Å². The Balaban J connectivity index is 1.77. The summed E-state index contributed by atoms with van der Waals surface area (Å²) in [4.78, 5) is 87.5. The summed E-state index contributed by atoms with van der Waals surface area (Å²) in [6.07, 6.45) is 5.50. The van der Waals surface area contributed by atoms with Crippen LogP contribution in [0.3, 0.4) is 0 Å². The van der Waals surface area contributed by atoms with Crippen molar-refractivity contribution in [2.24, 2.45) is 17.4 Å². The Morgan fingerprint density at radius 1 is 0.724 bits per heavy atom. The van der Waals surface area contributed by atoms with Crippen LogP contribution in [-0.4, -0.2) is 124 Å². The zero-order chi connectivity index (χ0) is 42.5. The van der Waals surface area contributed by atoms with Gasteiger partial charge in [-0.2, -0.15) is 0 Å². The highest BCUT2D eigenvalue weighted by molar-refractivity contribution is 6.12. The van der Waals surface area contributed by atoms with Crippen molar-refractivity contribution in [3.8, 4) is 0 Å². The number of urea groups is 1. The summed E-state index contributed by atoms with van der Waals surface area (Å²) in [5.74, 6) is -2.43. The highest BCUT2D eigenvalue weighted by Gasteiger charge is 2.29. The van der Waals surface area contributed by atoms with Crippen LogP contribution in [0.15, 0.2) is 36.4 Å². The van der Waals surface area contributed by atoms with Gasteiger partial charge in [0.15, 0.2) is 0 Å². The molecule has 2 rings (SSSR count). The molecule has 0 unspecified atom stereocenters. The Bertz CT molecular complexity index is 1460. The molecular formula is C39H62N8O11. The molecule has 19 heteroatoms. The van der Waals surface area contributed by atoms with Crippen molar-refractivity contribution in [3.63, 3.8) is 0 Å². The summed E-state index contributed by atoms with van der Waals surface area (Å²) in [5, 5.41) is 13.4. The van der Waals surface area contributed by atoms with Gasteiger partial charge in [0.25, 0.3) is 11.8 Å². The predicted molar refractivity (Wildman–Crippen MR) is 214 cm³/mol. The van der Waals surface area contributed by atoms with E-state index in [1.165, 1.54) is 12.2 Å². The summed E-state index contributed by atoms with van der Waals surface area (Å²) in [6, 6.07) is 3.96. The largest absolute Gasteiger partial charge is 0.445 e. The molecule has 2 atom stereocenters. The summed E-state index contributed by atoms with van der Waals surface area (Å²) in [6.45, 7) is 7.89. The molecule has 1 aliphatic heterocycles. The molecule has 0 radical (unpaired) electrons. The average Bonchev–Trinajstić information content (AvgIpc) is 3.51. The minimum atomic E-state index is -1.02. The standard InChI is InChI=1S/C39H62N8O11/c1-28(2)35(46-32(48)10-4-3-5-20-47-33(49)15-16-34(47)50)37(52)45-31(9-6-18-42-38(41)53)36(51)44-30-13-11-29(12-14-30)27-58-39(54)43-19-8-22-56-24-26-57-25-23-55-21-7-17-40/h11-16,28,31,35H,3-10,17-27,40H2,1-2H3,(H,43,54)(H,44,51)(H,45,52)(H,46,48)(H3,41,42,53)/t31-,35-/m0/s1. The number of alkyl carbamates (subject to hydrolysis) is 1. The molecule has 324 valence electrons. The maximum absolute atomic E-state index is 13.4. The predicted octanol–water partition coefficient (Wildman–Crippen LogP) is 1.20. The molecule has 1 aromatic carbocycles. The lowest BCUT2D eigenvalue weighted by Gasteiger charge is -2.25. The van der Waals surface area contributed by atoms with E-state index >= 15 is 0 Å². The Morgan fingerprint density at radius 3 is 1.97 bits per heavy atom. The van der Waals surface area contributed by atoms with E-state index in [0.717, 1.165) is 11.3 Å². The van der Waals surface area contributed by atoms with Crippen LogP contribution in [0.25, 0.3) is 0 Å². The van der Waals surface area contributed by atoms with Crippen molar-refractivity contribution in [3.05, 3.63) is 42.0 Å². The van der Waals surface area contributed by atoms with Crippen LogP contribution in [0.1, 0.15) is 70.8 Å². The highest BCUT2D eigenvalue weighted by atomic mass is 16.6. The Hall–Kier alpha value is -5.11. The second-order valence-corrected chi connectivity index (χ2v) is 13.8. The van der Waals surface area contributed by atoms with E-state index in [4.69, 9.17) is 30.4 Å². The molecule has 1 aromatic rings. The zero-order valence-corrected chi connectivity index (χ0v) is 33.7. The number of unbranched alkanes of at least 4 members (excludes halogenated alkanes) is 2. The number of amides is 8. The van der Waals surface area contributed by atoms with Crippen molar-refractivity contribution in [1.29, 1.82) is 0 Å². The van der Waals surface area contributed by atoms with Gasteiger partial charge < -0.3 is 57.0 Å². The van der Waals surface area contributed by atoms with E-state index in [1.807, 2.05) is 0 Å². The molecule has 0 bridgehead atoms. The SMILES string of the molecule is CC(C)[C@H](NC(=O)CCCCCN1C(=O)C=CC1=O)C(=O)N[C@@H](CCCNC(N)=O)C(=O)Nc1ccc(COC(=O)NCCCOCCOCCOCCCN)cc1. The Morgan fingerprint density at radius 2 is 1.34 bits per heavy atom. The lowest BCUT2D eigenvalue weighted by molar-refractivity contribution is -0.137. The quantitative estimate of drug-likeness (QED) is 0.0412. The van der Waals surface area contributed by atoms with E-state index in [0.29, 0.717) is 96.1 Å². The van der Waals surface area contributed by atoms with Gasteiger partial charge in [-0.1, -0.05) is 32.4 Å². The zero-order valence-electron chi connectivity index (χ0n) is 33.7. The van der Waals surface area contributed by atoms with Gasteiger partial charge in [0.05, 0.1) is 26.4 Å². The molecule has 8 amide bonds. The Labute approximate surface area is 340 Å². The summed E-state index contributed by atoms with van der Waals surface area (Å²) in [7, 11) is 0. The third-order valence-electron chi connectivity index (χ3n) is 8.62. The Kier molecular flexibility index (Phi) is 24.7. The molecule has 0 saturated heterocycles. The number of hydrogen-bond donors (Lipinski definition) is 7. The molecule has 19 nitrogen and oxygen atoms in total. The summed E-state index contributed by atoms with van der Waals surface area (Å²) in [5.41, 5.74) is 11.7. The minimum absolute atomic E-state index is 0.00394. The van der Waals surface area contributed by atoms with Gasteiger partial charge in [-0.3, -0.25) is 28.9 Å². The number of benzene rings is 1. The molecule has 0 saturated carbocycles. The van der Waals surface area contributed by atoms with Crippen LogP contribution < -0.4 is 38.1 Å². The molecule has 0 aromatic heterocycles. The number of nitrogens with one attached hydrogen (secondary N) is 5. The van der Waals surface area contributed by atoms with E-state index < -0.39 is 36.0 Å². The van der Waals surface area contributed by atoms with Gasteiger partial charge in [-0.25, -0.2) is 9.59 Å². The third kappa shape index (κ3) is 21.4. The lowest BCUT2D eigenvalue weighted by atomic mass is 10.0. The molecular weight excluding hydrogens is 756 g/mol. The number of nitrogens with zero attached hydrogens (tertiary/aromatic N) is 1. The number of carbonyl (C=O) groups excluding carboxylic acids is 7. The van der Waals surface area contributed by atoms with Gasteiger partial charge in [-0.15, -0.1) is 0 Å². The first-order valence-electron chi connectivity index (χ1n) is 19.8. The minimum Gasteiger partial charge on any atom is -0.445 e. The fraction of sp³-hybridized carbons (Fsp3) is 0.615. The fourth-order valence-electron chi connectivity index (χ4n) is 5.42. The van der Waals surface area contributed by atoms with E-state index in [1.54, 1.807) is 38.1 Å². The molecule has 0 spiro atoms. The molecule has 9 N–H and O–H groups in total. The maximum atomic E-state index is 13.4. The van der Waals surface area contributed by atoms with Crippen LogP contribution >= 0.6 is 0 Å². The normalized spacial score (nSPS) is 13.3. The number of hydrogen-bond acceptors (Lipinski definition) is 12. The van der Waals surface area contributed by atoms with Crippen LogP contribution in [0.4, 0.5) is 15.3 Å². The van der Waals surface area contributed by atoms with Crippen molar-refractivity contribution in [2.75, 3.05) is 71.1 Å². The molecule has 1 heterocycles. The lowest BCUT2D eigenvalue weighted by Crippen LogP contribution is -2.54. The first-order valence-corrected chi connectivity index (χ1v) is 19.8. The molecule has 1 aliphatic rings. The first-order chi connectivity index (χ1) is 27.9. The number of carbonyl (C=O) groups is 7. The fourth-order valence-corrected chi connectivity index (χ4v) is 5.42. The van der Waals surface area contributed by atoms with Gasteiger partial charge in [0, 0.05) is 57.1 Å². The van der Waals surface area contributed by atoms with Crippen molar-refractivity contribution in [2.45, 2.75) is 83.9 Å². The number of anilines is 1. The van der Waals surface area contributed by atoms with E-state index in [-0.39, 0.29) is 56.2 Å². The maximum Gasteiger partial charge on any atom is 0.407 e. The van der Waals surface area contributed by atoms with Gasteiger partial charge in [0.1, 0.15) is 18.7 Å². The van der Waals surface area contributed by atoms with E-state index in [2.05, 4.69) is 26.6 Å². The number of ether oxygens (including phenoxy) is 4. The van der Waals surface area contributed by atoms with E-state index in [9.17, 15) is 33.6 Å². The summed E-state index contributed by atoms with van der Waals surface area (Å²) >= 11 is 0. The number of imide groups is 1. The van der Waals surface area contributed by atoms with Gasteiger partial charge >= 0.3 is 12.1 Å². The molecule has 0 aliphatic carbocycles. The number of rotatable bonds is 31. The van der Waals surface area contributed by atoms with Crippen molar-refractivity contribution < 1.29 is 52.5 Å². The van der Waals surface area contributed by atoms with Crippen molar-refractivity contribution in [1.82, 2.24) is 26.2 Å². The average molecular weight is 819 g/mol. The van der Waals surface area contributed by atoms with Crippen LogP contribution in [0, 0.1) is 5.92 Å². The van der Waals surface area contributed by atoms with Gasteiger partial charge in [-0.05, 0) is 68.7 Å². The van der Waals surface area contributed by atoms with Crippen LogP contribution in [0.2, 0.25) is 0 Å². The topological polar surface area (TPSA) is 272 Å². The second-order valence-electron chi connectivity index (χ2n) is 13.8. The first kappa shape index (κ1) is 49.0. The van der Waals surface area contributed by atoms with Crippen molar-refractivity contribution >= 4 is 47.3 Å². The number of nitrogens with two attached hydrogens (primary N) is 2. The number of primary amides is 1. The molecule has 0 fully saturated rings. The third-order valence-corrected chi connectivity index (χ3v) is 8.62. The smallest absolute Gasteiger partial charge is 0.407 e. The second kappa shape index (κ2) is 29.2. The summed E-state index contributed by atoms with van der Waals surface area (Å²) < 4.78 is 21.5. The van der Waals surface area contributed by atoms with Gasteiger partial charge in [0.2, 0.25) is 17.7 Å². The highest BCUT2D eigenvalue weighted by Crippen LogP contribution is 2.13.